The summed E-state index contributed by atoms with van der Waals surface area (Å²) in [6, 6.07) is -0.505. The van der Waals surface area contributed by atoms with Crippen LogP contribution in [0, 0.1) is 0 Å². The molecule has 0 aliphatic heterocycles. The number of urea groups is 1. The van der Waals surface area contributed by atoms with Crippen LogP contribution in [0.25, 0.3) is 0 Å². The Bertz CT molecular complexity index is 568. The second kappa shape index (κ2) is 6.68. The molecule has 0 aliphatic carbocycles. The molecular formula is C9H7Cl2F3N4O3. The highest BCUT2D eigenvalue weighted by atomic mass is 35.5. The first-order chi connectivity index (χ1) is 9.65. The lowest BCUT2D eigenvalue weighted by Crippen LogP contribution is -2.42. The number of hydrazine groups is 1. The molecule has 0 unspecified atom stereocenters. The first kappa shape index (κ1) is 17.1. The Morgan fingerprint density at radius 1 is 1.33 bits per heavy atom. The number of nitrogens with one attached hydrogen (secondary N) is 3. The topological polar surface area (TPSA) is 92.3 Å². The minimum atomic E-state index is -4.72. The smallest absolute Gasteiger partial charge is 0.419 e. The summed E-state index contributed by atoms with van der Waals surface area (Å²) >= 11 is 11.0. The molecule has 0 bridgehead atoms. The summed E-state index contributed by atoms with van der Waals surface area (Å²) in [7, 11) is 1.03. The SMILES string of the molecule is COC(=O)NC(=O)NNc1nc(Cl)c(C(F)(F)F)cc1Cl. The van der Waals surface area contributed by atoms with E-state index in [1.54, 1.807) is 5.32 Å². The van der Waals surface area contributed by atoms with Gasteiger partial charge in [0.25, 0.3) is 0 Å². The number of amides is 3. The third-order valence-corrected chi connectivity index (χ3v) is 2.51. The van der Waals surface area contributed by atoms with Crippen LogP contribution in [0.3, 0.4) is 0 Å². The van der Waals surface area contributed by atoms with E-state index in [0.29, 0.717) is 6.07 Å². The predicted molar refractivity (Wildman–Crippen MR) is 67.0 cm³/mol. The average Bonchev–Trinajstić information content (AvgIpc) is 2.37. The van der Waals surface area contributed by atoms with Gasteiger partial charge in [0.05, 0.1) is 17.7 Å². The number of carbonyl (C=O) groups is 2. The molecule has 1 heterocycles. The van der Waals surface area contributed by atoms with Crippen molar-refractivity contribution < 1.29 is 27.5 Å². The quantitative estimate of drug-likeness (QED) is 0.565. The monoisotopic (exact) mass is 346 g/mol. The Morgan fingerprint density at radius 3 is 2.48 bits per heavy atom. The minimum absolute atomic E-state index is 0.338. The number of rotatable bonds is 2. The fourth-order valence-electron chi connectivity index (χ4n) is 1.04. The number of anilines is 1. The highest BCUT2D eigenvalue weighted by Gasteiger charge is 2.35. The number of hydrogen-bond acceptors (Lipinski definition) is 5. The van der Waals surface area contributed by atoms with Crippen molar-refractivity contribution in [3.63, 3.8) is 0 Å². The molecule has 1 rings (SSSR count). The van der Waals surface area contributed by atoms with Crippen LogP contribution in [0.2, 0.25) is 10.2 Å². The first-order valence-corrected chi connectivity index (χ1v) is 5.75. The Morgan fingerprint density at radius 2 is 1.95 bits per heavy atom. The van der Waals surface area contributed by atoms with Crippen LogP contribution in [-0.4, -0.2) is 24.2 Å². The zero-order valence-electron chi connectivity index (χ0n) is 10.1. The maximum absolute atomic E-state index is 12.5. The molecule has 116 valence electrons. The summed E-state index contributed by atoms with van der Waals surface area (Å²) in [6.45, 7) is 0. The van der Waals surface area contributed by atoms with Gasteiger partial charge in [0.2, 0.25) is 0 Å². The van der Waals surface area contributed by atoms with Gasteiger partial charge in [0.15, 0.2) is 5.82 Å². The van der Waals surface area contributed by atoms with Gasteiger partial charge in [-0.15, -0.1) is 0 Å². The van der Waals surface area contributed by atoms with E-state index in [0.717, 1.165) is 7.11 Å². The molecule has 0 fully saturated rings. The fourth-order valence-corrected chi connectivity index (χ4v) is 1.49. The Hall–Kier alpha value is -1.94. The first-order valence-electron chi connectivity index (χ1n) is 4.99. The van der Waals surface area contributed by atoms with E-state index in [2.05, 4.69) is 15.1 Å². The number of halogens is 5. The lowest BCUT2D eigenvalue weighted by Gasteiger charge is -2.13. The van der Waals surface area contributed by atoms with E-state index >= 15 is 0 Å². The summed E-state index contributed by atoms with van der Waals surface area (Å²) in [5, 5.41) is 0.415. The van der Waals surface area contributed by atoms with Crippen molar-refractivity contribution >= 4 is 41.1 Å². The second-order valence-electron chi connectivity index (χ2n) is 3.35. The van der Waals surface area contributed by atoms with Crippen LogP contribution in [0.5, 0.6) is 0 Å². The van der Waals surface area contributed by atoms with Gasteiger partial charge in [-0.3, -0.25) is 5.43 Å². The number of hydrogen-bond donors (Lipinski definition) is 3. The molecular weight excluding hydrogens is 340 g/mol. The lowest BCUT2D eigenvalue weighted by molar-refractivity contribution is -0.137. The van der Waals surface area contributed by atoms with Crippen LogP contribution >= 0.6 is 23.2 Å². The van der Waals surface area contributed by atoms with Crippen molar-refractivity contribution in [2.45, 2.75) is 6.18 Å². The van der Waals surface area contributed by atoms with E-state index < -0.39 is 34.0 Å². The molecule has 0 saturated heterocycles. The van der Waals surface area contributed by atoms with E-state index in [1.165, 1.54) is 0 Å². The van der Waals surface area contributed by atoms with E-state index in [4.69, 9.17) is 23.2 Å². The van der Waals surface area contributed by atoms with Crippen molar-refractivity contribution in [1.29, 1.82) is 0 Å². The van der Waals surface area contributed by atoms with Crippen molar-refractivity contribution in [3.8, 4) is 0 Å². The molecule has 12 heteroatoms. The van der Waals surface area contributed by atoms with Crippen LogP contribution < -0.4 is 16.2 Å². The number of ether oxygens (including phenoxy) is 1. The Balaban J connectivity index is 2.80. The summed E-state index contributed by atoms with van der Waals surface area (Å²) in [5.74, 6) is -0.338. The van der Waals surface area contributed by atoms with Crippen LogP contribution in [0.1, 0.15) is 5.56 Å². The molecule has 7 nitrogen and oxygen atoms in total. The highest BCUT2D eigenvalue weighted by Crippen LogP contribution is 2.37. The summed E-state index contributed by atoms with van der Waals surface area (Å²) in [5.41, 5.74) is 2.78. The zero-order chi connectivity index (χ0) is 16.2. The fraction of sp³-hybridized carbons (Fsp3) is 0.222. The number of alkyl halides is 3. The number of alkyl carbamates (subject to hydrolysis) is 1. The van der Waals surface area contributed by atoms with Gasteiger partial charge in [-0.25, -0.2) is 25.3 Å². The predicted octanol–water partition coefficient (Wildman–Crippen LogP) is 2.80. The largest absolute Gasteiger partial charge is 0.453 e. The van der Waals surface area contributed by atoms with Gasteiger partial charge in [0.1, 0.15) is 5.15 Å². The normalized spacial score (nSPS) is 10.8. The second-order valence-corrected chi connectivity index (χ2v) is 4.12. The van der Waals surface area contributed by atoms with Crippen LogP contribution in [0.4, 0.5) is 28.6 Å². The highest BCUT2D eigenvalue weighted by molar-refractivity contribution is 6.34. The Labute approximate surface area is 125 Å². The molecule has 0 aromatic carbocycles. The molecule has 1 aromatic heterocycles. The minimum Gasteiger partial charge on any atom is -0.453 e. The van der Waals surface area contributed by atoms with Crippen molar-refractivity contribution in [3.05, 3.63) is 21.8 Å². The number of pyridine rings is 1. The molecule has 21 heavy (non-hydrogen) atoms. The summed E-state index contributed by atoms with van der Waals surface area (Å²) in [4.78, 5) is 25.2. The van der Waals surface area contributed by atoms with Gasteiger partial charge >= 0.3 is 18.3 Å². The van der Waals surface area contributed by atoms with Gasteiger partial charge in [-0.05, 0) is 6.07 Å². The molecule has 0 atom stereocenters. The molecule has 0 radical (unpaired) electrons. The van der Waals surface area contributed by atoms with E-state index in [-0.39, 0.29) is 5.82 Å². The summed E-state index contributed by atoms with van der Waals surface area (Å²) < 4.78 is 41.7. The number of nitrogens with zero attached hydrogens (tertiary/aromatic N) is 1. The van der Waals surface area contributed by atoms with Crippen molar-refractivity contribution in [2.24, 2.45) is 0 Å². The molecule has 0 aliphatic rings. The molecule has 1 aromatic rings. The van der Waals surface area contributed by atoms with Gasteiger partial charge in [-0.1, -0.05) is 23.2 Å². The number of aromatic nitrogens is 1. The third-order valence-electron chi connectivity index (χ3n) is 1.93. The third kappa shape index (κ3) is 4.83. The number of methoxy groups -OCH3 is 1. The van der Waals surface area contributed by atoms with Crippen LogP contribution in [0.15, 0.2) is 6.07 Å². The average molecular weight is 347 g/mol. The zero-order valence-corrected chi connectivity index (χ0v) is 11.7. The van der Waals surface area contributed by atoms with E-state index in [1.807, 2.05) is 5.43 Å². The van der Waals surface area contributed by atoms with Crippen molar-refractivity contribution in [2.75, 3.05) is 12.5 Å². The van der Waals surface area contributed by atoms with E-state index in [9.17, 15) is 22.8 Å². The maximum atomic E-state index is 12.5. The number of imide groups is 1. The summed E-state index contributed by atoms with van der Waals surface area (Å²) in [6.07, 6.45) is -5.76. The molecule has 3 N–H and O–H groups in total. The molecule has 3 amide bonds. The van der Waals surface area contributed by atoms with Gasteiger partial charge in [-0.2, -0.15) is 13.2 Å². The molecule has 0 saturated carbocycles. The number of carbonyl (C=O) groups excluding carboxylic acids is 2. The lowest BCUT2D eigenvalue weighted by atomic mass is 10.3. The molecule has 0 spiro atoms. The standard InChI is InChI=1S/C9H7Cl2F3N4O3/c1-21-8(20)16-7(19)18-17-6-4(10)2-3(5(11)15-6)9(12,13)14/h2H,1H3,(H,15,17)(H2,16,18,19,20). The van der Waals surface area contributed by atoms with Crippen molar-refractivity contribution in [1.82, 2.24) is 15.7 Å². The van der Waals surface area contributed by atoms with Crippen LogP contribution in [-0.2, 0) is 10.9 Å². The Kier molecular flexibility index (Phi) is 5.44. The van der Waals surface area contributed by atoms with Gasteiger partial charge in [0, 0.05) is 0 Å². The maximum Gasteiger partial charge on any atom is 0.419 e. The van der Waals surface area contributed by atoms with Gasteiger partial charge < -0.3 is 4.74 Å².